The van der Waals surface area contributed by atoms with Crippen LogP contribution in [0.1, 0.15) is 80.2 Å². The van der Waals surface area contributed by atoms with Gasteiger partial charge in [-0.25, -0.2) is 23.1 Å². The van der Waals surface area contributed by atoms with Gasteiger partial charge in [0.15, 0.2) is 5.65 Å². The molecule has 1 aliphatic carbocycles. The van der Waals surface area contributed by atoms with E-state index in [2.05, 4.69) is 14.7 Å². The molecule has 1 saturated carbocycles. The summed E-state index contributed by atoms with van der Waals surface area (Å²) >= 11 is 6.61. The predicted octanol–water partition coefficient (Wildman–Crippen LogP) is 5.00. The van der Waals surface area contributed by atoms with Gasteiger partial charge in [0.1, 0.15) is 22.8 Å². The first-order valence-corrected chi connectivity index (χ1v) is 15.1. The number of aromatic nitrogens is 3. The van der Waals surface area contributed by atoms with E-state index in [1.165, 1.54) is 38.2 Å². The van der Waals surface area contributed by atoms with E-state index in [1.807, 2.05) is 36.6 Å². The number of rotatable bonds is 11. The molecular formula is C27H36ClN4NaO4S. The van der Waals surface area contributed by atoms with Crippen molar-refractivity contribution < 1.29 is 17.9 Å². The number of hydrogen-bond acceptors (Lipinski definition) is 6. The summed E-state index contributed by atoms with van der Waals surface area (Å²) in [5.41, 5.74) is 1.99. The molecule has 38 heavy (non-hydrogen) atoms. The van der Waals surface area contributed by atoms with Crippen LogP contribution in [0.5, 0.6) is 5.75 Å². The first kappa shape index (κ1) is 30.9. The van der Waals surface area contributed by atoms with E-state index in [-0.39, 0.29) is 41.0 Å². The van der Waals surface area contributed by atoms with E-state index in [1.54, 1.807) is 6.07 Å². The Morgan fingerprint density at radius 2 is 1.89 bits per heavy atom. The van der Waals surface area contributed by atoms with E-state index in [4.69, 9.17) is 16.3 Å². The summed E-state index contributed by atoms with van der Waals surface area (Å²) in [5, 5.41) is 0.578. The molecule has 8 nitrogen and oxygen atoms in total. The summed E-state index contributed by atoms with van der Waals surface area (Å²) in [4.78, 5) is 21.7. The third-order valence-electron chi connectivity index (χ3n) is 6.84. The van der Waals surface area contributed by atoms with Gasteiger partial charge in [0.05, 0.1) is 18.9 Å². The first-order valence-electron chi connectivity index (χ1n) is 13.1. The van der Waals surface area contributed by atoms with Crippen LogP contribution in [0.25, 0.3) is 11.2 Å². The Morgan fingerprint density at radius 1 is 1.13 bits per heavy atom. The normalized spacial score (nSPS) is 14.3. The van der Waals surface area contributed by atoms with Crippen molar-refractivity contribution in [3.63, 3.8) is 0 Å². The number of fused-ring (bicyclic) bond motifs is 1. The number of unbranched alkanes of at least 4 members (excludes halogenated alkanes) is 2. The van der Waals surface area contributed by atoms with Gasteiger partial charge in [0.25, 0.3) is 5.91 Å². The Kier molecular flexibility index (Phi) is 11.5. The third-order valence-corrected chi connectivity index (χ3v) is 8.52. The van der Waals surface area contributed by atoms with Crippen LogP contribution >= 0.6 is 11.6 Å². The van der Waals surface area contributed by atoms with Crippen molar-refractivity contribution in [2.75, 3.05) is 12.4 Å². The molecule has 0 atom stereocenters. The van der Waals surface area contributed by atoms with Crippen LogP contribution in [-0.2, 0) is 16.6 Å². The van der Waals surface area contributed by atoms with E-state index in [9.17, 15) is 13.2 Å². The number of halogens is 1. The Balaban J connectivity index is 0.00000400. The number of sulfonamides is 1. The molecule has 2 aromatic heterocycles. The minimum atomic E-state index is -3.72. The summed E-state index contributed by atoms with van der Waals surface area (Å²) in [6.07, 6.45) is 8.49. The number of aryl methyl sites for hydroxylation is 1. The second-order valence-corrected chi connectivity index (χ2v) is 12.1. The predicted molar refractivity (Wildman–Crippen MR) is 153 cm³/mol. The number of carbonyl (C=O) groups excluding carboxylic acids is 1. The number of nitrogens with zero attached hydrogens (tertiary/aromatic N) is 3. The molecule has 0 aliphatic heterocycles. The molecule has 0 spiro atoms. The summed E-state index contributed by atoms with van der Waals surface area (Å²) in [7, 11) is -3.72. The van der Waals surface area contributed by atoms with Gasteiger partial charge in [-0.2, -0.15) is 0 Å². The van der Waals surface area contributed by atoms with Gasteiger partial charge >= 0.3 is 29.6 Å². The van der Waals surface area contributed by atoms with Crippen molar-refractivity contribution in [1.29, 1.82) is 0 Å². The molecule has 1 fully saturated rings. The quantitative estimate of drug-likeness (QED) is 0.257. The summed E-state index contributed by atoms with van der Waals surface area (Å²) in [6, 6.07) is 8.86. The Bertz CT molecular complexity index is 1360. The average Bonchev–Trinajstić information content (AvgIpc) is 3.18. The van der Waals surface area contributed by atoms with Gasteiger partial charge in [0, 0.05) is 5.02 Å². The maximum absolute atomic E-state index is 12.7. The zero-order valence-electron chi connectivity index (χ0n) is 21.5. The Morgan fingerprint density at radius 3 is 2.61 bits per heavy atom. The van der Waals surface area contributed by atoms with Gasteiger partial charge in [-0.15, -0.1) is 0 Å². The zero-order chi connectivity index (χ0) is 26.4. The molecule has 2 heterocycles. The van der Waals surface area contributed by atoms with Crippen LogP contribution < -0.4 is 9.46 Å². The van der Waals surface area contributed by atoms with Crippen molar-refractivity contribution in [2.24, 2.45) is 5.92 Å². The number of benzene rings is 1. The molecule has 3 aromatic rings. The Labute approximate surface area is 252 Å². The number of carbonyl (C=O) groups is 1. The average molecular weight is 571 g/mol. The zero-order valence-corrected chi connectivity index (χ0v) is 23.1. The van der Waals surface area contributed by atoms with Crippen molar-refractivity contribution in [3.8, 4) is 5.75 Å². The number of amides is 1. The van der Waals surface area contributed by atoms with Crippen molar-refractivity contribution in [3.05, 3.63) is 52.4 Å². The van der Waals surface area contributed by atoms with Crippen molar-refractivity contribution in [2.45, 2.75) is 71.8 Å². The van der Waals surface area contributed by atoms with Crippen LogP contribution in [-0.4, -0.2) is 70.8 Å². The number of hydrogen-bond donors (Lipinski definition) is 1. The van der Waals surface area contributed by atoms with E-state index < -0.39 is 15.9 Å². The minimum absolute atomic E-state index is 0. The maximum atomic E-state index is 12.7. The van der Waals surface area contributed by atoms with Crippen LogP contribution in [0.4, 0.5) is 0 Å². The number of imidazole rings is 1. The summed E-state index contributed by atoms with van der Waals surface area (Å²) in [6.45, 7) is 4.96. The van der Waals surface area contributed by atoms with Crippen LogP contribution in [0.2, 0.25) is 5.02 Å². The molecule has 1 amide bonds. The molecule has 202 valence electrons. The molecule has 4 rings (SSSR count). The van der Waals surface area contributed by atoms with E-state index in [0.29, 0.717) is 47.5 Å². The molecule has 0 unspecified atom stereocenters. The van der Waals surface area contributed by atoms with Gasteiger partial charge in [-0.1, -0.05) is 56.7 Å². The fourth-order valence-electron chi connectivity index (χ4n) is 4.70. The third kappa shape index (κ3) is 8.18. The monoisotopic (exact) mass is 570 g/mol. The molecule has 0 radical (unpaired) electrons. The van der Waals surface area contributed by atoms with E-state index in [0.717, 1.165) is 24.2 Å². The fraction of sp³-hybridized carbons (Fsp3) is 0.519. The summed E-state index contributed by atoms with van der Waals surface area (Å²) in [5.74, 6) is 1.23. The van der Waals surface area contributed by atoms with Gasteiger partial charge in [-0.05, 0) is 61.9 Å². The number of ether oxygens (including phenoxy) is 1. The first-order chi connectivity index (χ1) is 17.8. The SMILES string of the molecule is CCCCCS(=O)(=O)NC(=O)c1ccc2nc(C)n(Cc3ccc(OCC4CCCCC4)cc3Cl)c2n1.[NaH]. The molecular weight excluding hydrogens is 535 g/mol. The number of pyridine rings is 1. The second kappa shape index (κ2) is 14.1. The molecule has 0 bridgehead atoms. The molecule has 1 N–H and O–H groups in total. The standard InChI is InChI=1S/C27H35ClN4O4S.Na.H/c1-3-4-8-15-37(34,35)31-27(33)25-14-13-24-26(30-25)32(19(2)29-24)17-21-11-12-22(16-23(21)28)36-18-20-9-6-5-7-10-20;;/h11-14,16,20H,3-10,15,17-18H2,1-2H3,(H,31,33);;. The van der Waals surface area contributed by atoms with Gasteiger partial charge in [-0.3, -0.25) is 4.79 Å². The van der Waals surface area contributed by atoms with Crippen LogP contribution in [0, 0.1) is 12.8 Å². The number of nitrogens with one attached hydrogen (secondary N) is 1. The van der Waals surface area contributed by atoms with E-state index >= 15 is 0 Å². The van der Waals surface area contributed by atoms with Gasteiger partial charge < -0.3 is 9.30 Å². The fourth-order valence-corrected chi connectivity index (χ4v) is 6.01. The van der Waals surface area contributed by atoms with Crippen LogP contribution in [0.3, 0.4) is 0 Å². The van der Waals surface area contributed by atoms with Crippen molar-refractivity contribution in [1.82, 2.24) is 19.3 Å². The van der Waals surface area contributed by atoms with Crippen LogP contribution in [0.15, 0.2) is 30.3 Å². The molecule has 1 aliphatic rings. The Hall–Kier alpha value is -1.65. The summed E-state index contributed by atoms with van der Waals surface area (Å²) < 4.78 is 34.5. The topological polar surface area (TPSA) is 103 Å². The van der Waals surface area contributed by atoms with Gasteiger partial charge in [0.2, 0.25) is 10.0 Å². The molecule has 1 aromatic carbocycles. The molecule has 0 saturated heterocycles. The van der Waals surface area contributed by atoms with Crippen molar-refractivity contribution >= 4 is 68.3 Å². The second-order valence-electron chi connectivity index (χ2n) is 9.81. The molecule has 11 heteroatoms.